The van der Waals surface area contributed by atoms with E-state index >= 15 is 0 Å². The van der Waals surface area contributed by atoms with Gasteiger partial charge in [-0.1, -0.05) is 60.7 Å². The number of nitrogens with two attached hydrogens (primary N) is 1. The minimum Gasteiger partial charge on any atom is -0.463 e. The minimum atomic E-state index is -1.05. The van der Waals surface area contributed by atoms with E-state index in [-0.39, 0.29) is 31.8 Å². The summed E-state index contributed by atoms with van der Waals surface area (Å²) in [5.74, 6) is -2.50. The van der Waals surface area contributed by atoms with Crippen LogP contribution in [0.4, 0.5) is 0 Å². The van der Waals surface area contributed by atoms with Gasteiger partial charge in [-0.05, 0) is 31.9 Å². The quantitative estimate of drug-likeness (QED) is 0.382. The predicted molar refractivity (Wildman–Crippen MR) is 134 cm³/mol. The van der Waals surface area contributed by atoms with Crippen molar-refractivity contribution in [3.8, 4) is 0 Å². The van der Waals surface area contributed by atoms with Crippen LogP contribution in [0.3, 0.4) is 0 Å². The van der Waals surface area contributed by atoms with Crippen molar-refractivity contribution < 1.29 is 28.6 Å². The van der Waals surface area contributed by atoms with E-state index in [0.717, 1.165) is 5.56 Å². The van der Waals surface area contributed by atoms with Gasteiger partial charge < -0.3 is 25.3 Å². The fraction of sp³-hybridized carbons (Fsp3) is 0.321. The molecule has 8 heteroatoms. The number of dihydropyridines is 1. The van der Waals surface area contributed by atoms with Crippen LogP contribution >= 0.6 is 0 Å². The van der Waals surface area contributed by atoms with Crippen molar-refractivity contribution in [3.63, 3.8) is 0 Å². The Morgan fingerprint density at radius 3 is 2.00 bits per heavy atom. The number of allylic oxidation sites excluding steroid dienone is 1. The van der Waals surface area contributed by atoms with Crippen LogP contribution in [0.2, 0.25) is 0 Å². The Kier molecular flexibility index (Phi) is 9.41. The van der Waals surface area contributed by atoms with Gasteiger partial charge in [-0.25, -0.2) is 9.59 Å². The van der Waals surface area contributed by atoms with Gasteiger partial charge in [0.25, 0.3) is 0 Å². The first-order valence-electron chi connectivity index (χ1n) is 11.9. The van der Waals surface area contributed by atoms with Crippen molar-refractivity contribution in [1.29, 1.82) is 0 Å². The lowest BCUT2D eigenvalue weighted by molar-refractivity contribution is -0.147. The molecule has 0 bridgehead atoms. The number of nitrogens with one attached hydrogen (secondary N) is 1. The maximum atomic E-state index is 13.2. The maximum Gasteiger partial charge on any atom is 0.336 e. The molecule has 3 N–H and O–H groups in total. The van der Waals surface area contributed by atoms with Crippen molar-refractivity contribution in [1.82, 2.24) is 5.32 Å². The highest BCUT2D eigenvalue weighted by Gasteiger charge is 2.39. The van der Waals surface area contributed by atoms with Crippen molar-refractivity contribution in [2.75, 3.05) is 13.2 Å². The topological polar surface area (TPSA) is 117 Å². The highest BCUT2D eigenvalue weighted by molar-refractivity contribution is 6.00. The molecule has 0 aliphatic carbocycles. The highest BCUT2D eigenvalue weighted by Crippen LogP contribution is 2.40. The molecule has 0 radical (unpaired) electrons. The molecule has 3 rings (SSSR count). The van der Waals surface area contributed by atoms with Crippen LogP contribution in [-0.4, -0.2) is 37.2 Å². The molecule has 0 fully saturated rings. The third kappa shape index (κ3) is 6.40. The van der Waals surface area contributed by atoms with E-state index in [2.05, 4.69) is 5.32 Å². The van der Waals surface area contributed by atoms with Crippen molar-refractivity contribution in [3.05, 3.63) is 94.3 Å². The Balaban J connectivity index is 1.97. The van der Waals surface area contributed by atoms with E-state index < -0.39 is 29.9 Å². The Hall–Kier alpha value is -3.91. The Labute approximate surface area is 211 Å². The second-order valence-electron chi connectivity index (χ2n) is 8.24. The molecule has 2 aromatic carbocycles. The average Bonchev–Trinajstić information content (AvgIpc) is 2.88. The van der Waals surface area contributed by atoms with E-state index in [9.17, 15) is 14.4 Å². The summed E-state index contributed by atoms with van der Waals surface area (Å²) in [6.07, 6.45) is -0.0153. The third-order valence-corrected chi connectivity index (χ3v) is 5.72. The number of esters is 3. The molecule has 8 nitrogen and oxygen atoms in total. The summed E-state index contributed by atoms with van der Waals surface area (Å²) in [5.41, 5.74) is 9.18. The normalized spacial score (nSPS) is 16.2. The van der Waals surface area contributed by atoms with Crippen LogP contribution in [0.1, 0.15) is 44.2 Å². The number of ether oxygens (including phenoxy) is 3. The molecule has 2 atom stereocenters. The lowest BCUT2D eigenvalue weighted by Gasteiger charge is -2.32. The second kappa shape index (κ2) is 12.7. The minimum absolute atomic E-state index is 0.0153. The number of carbonyl (C=O) groups excluding carboxylic acids is 3. The summed E-state index contributed by atoms with van der Waals surface area (Å²) < 4.78 is 16.1. The van der Waals surface area contributed by atoms with Crippen molar-refractivity contribution in [2.24, 2.45) is 5.73 Å². The zero-order valence-corrected chi connectivity index (χ0v) is 20.8. The largest absolute Gasteiger partial charge is 0.463 e. The zero-order valence-electron chi connectivity index (χ0n) is 20.8. The molecular formula is C28H32N2O6. The number of carbonyl (C=O) groups is 3. The van der Waals surface area contributed by atoms with Crippen LogP contribution in [0.25, 0.3) is 0 Å². The van der Waals surface area contributed by atoms with Gasteiger partial charge in [0.2, 0.25) is 0 Å². The number of hydrogen-bond donors (Lipinski definition) is 2. The SMILES string of the molecule is CCOC(=O)C1=C(C)NC(C[C@H](N)C(=O)OCc2ccccc2)=C(C(=O)OCC)[C@H]1c1ccccc1. The van der Waals surface area contributed by atoms with Gasteiger partial charge in [-0.3, -0.25) is 4.79 Å². The fourth-order valence-corrected chi connectivity index (χ4v) is 4.10. The fourth-order valence-electron chi connectivity index (χ4n) is 4.10. The van der Waals surface area contributed by atoms with Crippen molar-refractivity contribution in [2.45, 2.75) is 45.8 Å². The van der Waals surface area contributed by atoms with Gasteiger partial charge in [0.15, 0.2) is 0 Å². The smallest absolute Gasteiger partial charge is 0.336 e. The molecule has 36 heavy (non-hydrogen) atoms. The third-order valence-electron chi connectivity index (χ3n) is 5.72. The Bertz CT molecular complexity index is 1140. The van der Waals surface area contributed by atoms with Gasteiger partial charge >= 0.3 is 17.9 Å². The number of benzene rings is 2. The Morgan fingerprint density at radius 1 is 0.861 bits per heavy atom. The summed E-state index contributed by atoms with van der Waals surface area (Å²) in [4.78, 5) is 38.9. The first-order valence-corrected chi connectivity index (χ1v) is 11.9. The maximum absolute atomic E-state index is 13.2. The van der Waals surface area contributed by atoms with E-state index in [4.69, 9.17) is 19.9 Å². The zero-order chi connectivity index (χ0) is 26.1. The summed E-state index contributed by atoms with van der Waals surface area (Å²) >= 11 is 0. The summed E-state index contributed by atoms with van der Waals surface area (Å²) in [6.45, 7) is 5.55. The molecule has 0 saturated carbocycles. The summed E-state index contributed by atoms with van der Waals surface area (Å²) in [6, 6.07) is 17.4. The van der Waals surface area contributed by atoms with Gasteiger partial charge in [0.1, 0.15) is 12.6 Å². The lowest BCUT2D eigenvalue weighted by Crippen LogP contribution is -2.38. The first kappa shape index (κ1) is 26.7. The first-order chi connectivity index (χ1) is 17.4. The van der Waals surface area contributed by atoms with Gasteiger partial charge in [0.05, 0.1) is 30.3 Å². The number of rotatable bonds is 10. The lowest BCUT2D eigenvalue weighted by atomic mass is 9.79. The molecule has 0 saturated heterocycles. The highest BCUT2D eigenvalue weighted by atomic mass is 16.5. The van der Waals surface area contributed by atoms with Crippen molar-refractivity contribution >= 4 is 17.9 Å². The van der Waals surface area contributed by atoms with E-state index in [1.807, 2.05) is 60.7 Å². The molecule has 0 amide bonds. The molecule has 1 aliphatic rings. The molecule has 0 aromatic heterocycles. The van der Waals surface area contributed by atoms with Gasteiger partial charge in [0, 0.05) is 17.8 Å². The molecule has 1 aliphatic heterocycles. The molecule has 1 heterocycles. The van der Waals surface area contributed by atoms with Gasteiger partial charge in [-0.2, -0.15) is 0 Å². The average molecular weight is 493 g/mol. The van der Waals surface area contributed by atoms with E-state index in [1.54, 1.807) is 20.8 Å². The standard InChI is InChI=1S/C28H32N2O6/c1-4-34-27(32)23-18(3)30-22(16-21(29)26(31)36-17-19-12-8-6-9-13-19)25(28(33)35-5-2)24(23)20-14-10-7-11-15-20/h6-15,21,24,30H,4-5,16-17,29H2,1-3H3/t21-,24-/m0/s1. The van der Waals surface area contributed by atoms with Crippen LogP contribution in [-0.2, 0) is 35.2 Å². The summed E-state index contributed by atoms with van der Waals surface area (Å²) in [5, 5.41) is 3.12. The predicted octanol–water partition coefficient (Wildman–Crippen LogP) is 3.49. The van der Waals surface area contributed by atoms with Crippen LogP contribution in [0.15, 0.2) is 83.2 Å². The van der Waals surface area contributed by atoms with Crippen LogP contribution in [0, 0.1) is 0 Å². The number of hydrogen-bond acceptors (Lipinski definition) is 8. The van der Waals surface area contributed by atoms with Crippen LogP contribution < -0.4 is 11.1 Å². The monoisotopic (exact) mass is 492 g/mol. The van der Waals surface area contributed by atoms with E-state index in [0.29, 0.717) is 22.5 Å². The second-order valence-corrected chi connectivity index (χ2v) is 8.24. The summed E-state index contributed by atoms with van der Waals surface area (Å²) in [7, 11) is 0. The molecule has 190 valence electrons. The Morgan fingerprint density at radius 2 is 1.42 bits per heavy atom. The van der Waals surface area contributed by atoms with Gasteiger partial charge in [-0.15, -0.1) is 0 Å². The molecule has 0 spiro atoms. The van der Waals surface area contributed by atoms with E-state index in [1.165, 1.54) is 0 Å². The van der Waals surface area contributed by atoms with Crippen LogP contribution in [0.5, 0.6) is 0 Å². The molecular weight excluding hydrogens is 460 g/mol. The molecule has 2 aromatic rings. The molecule has 0 unspecified atom stereocenters.